The van der Waals surface area contributed by atoms with Crippen LogP contribution < -0.4 is 5.32 Å². The number of carbonyl (C=O) groups excluding carboxylic acids is 2. The van der Waals surface area contributed by atoms with E-state index in [4.69, 9.17) is 4.74 Å². The van der Waals surface area contributed by atoms with Gasteiger partial charge in [-0.25, -0.2) is 9.59 Å². The highest BCUT2D eigenvalue weighted by Gasteiger charge is 2.41. The molecule has 1 rings (SSSR count). The van der Waals surface area contributed by atoms with E-state index in [0.29, 0.717) is 17.8 Å². The average molecular weight is 297 g/mol. The Kier molecular flexibility index (Phi) is 5.52. The molecule has 0 aliphatic carbocycles. The lowest BCUT2D eigenvalue weighted by atomic mass is 9.85. The van der Waals surface area contributed by atoms with Gasteiger partial charge < -0.3 is 19.9 Å². The molecule has 0 aromatic heterocycles. The number of aliphatic carboxylic acids is 1. The van der Waals surface area contributed by atoms with Crippen LogP contribution in [0.1, 0.15) is 27.2 Å². The van der Waals surface area contributed by atoms with Gasteiger partial charge in [0, 0.05) is 11.4 Å². The van der Waals surface area contributed by atoms with Crippen molar-refractivity contribution >= 4 is 17.9 Å². The van der Waals surface area contributed by atoms with Gasteiger partial charge in [-0.15, -0.1) is 0 Å². The first-order valence-corrected chi connectivity index (χ1v) is 6.51. The van der Waals surface area contributed by atoms with E-state index in [0.717, 1.165) is 7.11 Å². The van der Waals surface area contributed by atoms with Gasteiger partial charge in [0.25, 0.3) is 0 Å². The number of carboxylic acids is 1. The molecule has 0 aromatic rings. The van der Waals surface area contributed by atoms with E-state index in [2.05, 4.69) is 10.1 Å². The van der Waals surface area contributed by atoms with Gasteiger partial charge >= 0.3 is 17.9 Å². The number of methoxy groups -OCH3 is 1. The molecule has 0 bridgehead atoms. The van der Waals surface area contributed by atoms with E-state index in [1.54, 1.807) is 13.8 Å². The quantitative estimate of drug-likeness (QED) is 0.729. The zero-order valence-corrected chi connectivity index (χ0v) is 12.5. The second-order valence-electron chi connectivity index (χ2n) is 4.60. The van der Waals surface area contributed by atoms with E-state index in [1.807, 2.05) is 6.92 Å². The number of esters is 2. The maximum absolute atomic E-state index is 12.1. The molecule has 0 aromatic carbocycles. The Morgan fingerprint density at radius 3 is 2.10 bits per heavy atom. The highest BCUT2D eigenvalue weighted by Crippen LogP contribution is 2.31. The van der Waals surface area contributed by atoms with Gasteiger partial charge in [-0.3, -0.25) is 4.79 Å². The minimum atomic E-state index is -1.40. The summed E-state index contributed by atoms with van der Waals surface area (Å²) in [4.78, 5) is 35.5. The van der Waals surface area contributed by atoms with E-state index in [-0.39, 0.29) is 17.8 Å². The number of carbonyl (C=O) groups is 3. The molecule has 1 unspecified atom stereocenters. The van der Waals surface area contributed by atoms with Crippen molar-refractivity contribution in [3.05, 3.63) is 22.5 Å². The molecule has 0 radical (unpaired) electrons. The third-order valence-electron chi connectivity index (χ3n) is 3.07. The van der Waals surface area contributed by atoms with Crippen LogP contribution in [0.3, 0.4) is 0 Å². The van der Waals surface area contributed by atoms with Crippen molar-refractivity contribution in [2.75, 3.05) is 13.7 Å². The molecule has 0 amide bonds. The molecule has 1 atom stereocenters. The lowest BCUT2D eigenvalue weighted by Gasteiger charge is -2.27. The Morgan fingerprint density at radius 1 is 1.14 bits per heavy atom. The molecule has 7 nitrogen and oxygen atoms in total. The van der Waals surface area contributed by atoms with Crippen LogP contribution in [0, 0.1) is 5.92 Å². The van der Waals surface area contributed by atoms with Crippen molar-refractivity contribution in [1.82, 2.24) is 5.32 Å². The number of allylic oxidation sites excluding steroid dienone is 2. The molecular formula is C14H19NO6. The second-order valence-corrected chi connectivity index (χ2v) is 4.60. The zero-order valence-electron chi connectivity index (χ0n) is 12.5. The highest BCUT2D eigenvalue weighted by atomic mass is 16.5. The highest BCUT2D eigenvalue weighted by molar-refractivity contribution is 6.05. The molecule has 7 heteroatoms. The van der Waals surface area contributed by atoms with E-state index in [9.17, 15) is 19.5 Å². The van der Waals surface area contributed by atoms with Gasteiger partial charge in [0.2, 0.25) is 0 Å². The predicted octanol–water partition coefficient (Wildman–Crippen LogP) is 0.965. The fourth-order valence-electron chi connectivity index (χ4n) is 2.16. The van der Waals surface area contributed by atoms with E-state index in [1.165, 1.54) is 0 Å². The SMILES string of the molecule is CCCOC(=O)C1=C(C)NC(C)=C(C(=O)OC)C1C(=O)O. The summed E-state index contributed by atoms with van der Waals surface area (Å²) in [5.74, 6) is -4.24. The van der Waals surface area contributed by atoms with Gasteiger partial charge in [0.05, 0.1) is 24.9 Å². The van der Waals surface area contributed by atoms with Crippen LogP contribution >= 0.6 is 0 Å². The standard InChI is InChI=1S/C14H19NO6/c1-5-6-21-14(19)10-8(3)15-7(2)9(13(18)20-4)11(10)12(16)17/h11,15H,5-6H2,1-4H3,(H,16,17). The average Bonchev–Trinajstić information content (AvgIpc) is 2.42. The van der Waals surface area contributed by atoms with Crippen molar-refractivity contribution in [3.8, 4) is 0 Å². The Labute approximate surface area is 122 Å². The van der Waals surface area contributed by atoms with Crippen LogP contribution in [0.25, 0.3) is 0 Å². The lowest BCUT2D eigenvalue weighted by Crippen LogP contribution is -2.37. The first-order chi connectivity index (χ1) is 9.84. The van der Waals surface area contributed by atoms with Crippen LogP contribution in [0.5, 0.6) is 0 Å². The van der Waals surface area contributed by atoms with E-state index >= 15 is 0 Å². The summed E-state index contributed by atoms with van der Waals surface area (Å²) in [7, 11) is 1.15. The topological polar surface area (TPSA) is 102 Å². The molecule has 1 aliphatic heterocycles. The molecule has 2 N–H and O–H groups in total. The minimum Gasteiger partial charge on any atom is -0.481 e. The molecule has 0 spiro atoms. The molecule has 1 aliphatic rings. The Balaban J connectivity index is 3.28. The Hall–Kier alpha value is -2.31. The minimum absolute atomic E-state index is 0.0815. The Morgan fingerprint density at radius 2 is 1.67 bits per heavy atom. The lowest BCUT2D eigenvalue weighted by molar-refractivity contribution is -0.147. The van der Waals surface area contributed by atoms with Crippen LogP contribution in [-0.4, -0.2) is 36.7 Å². The zero-order chi connectivity index (χ0) is 16.2. The maximum Gasteiger partial charge on any atom is 0.337 e. The van der Waals surface area contributed by atoms with Crippen molar-refractivity contribution in [1.29, 1.82) is 0 Å². The van der Waals surface area contributed by atoms with Gasteiger partial charge in [0.1, 0.15) is 5.92 Å². The third-order valence-corrected chi connectivity index (χ3v) is 3.07. The Bertz CT molecular complexity index is 532. The summed E-state index contributed by atoms with van der Waals surface area (Å²) in [6.07, 6.45) is 0.613. The number of carboxylic acid groups (broad SMARTS) is 1. The van der Waals surface area contributed by atoms with Gasteiger partial charge in [0.15, 0.2) is 0 Å². The molecular weight excluding hydrogens is 278 g/mol. The van der Waals surface area contributed by atoms with Crippen LogP contribution in [-0.2, 0) is 23.9 Å². The number of hydrogen-bond donors (Lipinski definition) is 2. The predicted molar refractivity (Wildman–Crippen MR) is 72.9 cm³/mol. The molecule has 0 saturated carbocycles. The smallest absolute Gasteiger partial charge is 0.337 e. The summed E-state index contributed by atoms with van der Waals surface area (Å²) in [6.45, 7) is 5.13. The molecule has 21 heavy (non-hydrogen) atoms. The molecule has 116 valence electrons. The van der Waals surface area contributed by atoms with Gasteiger partial charge in [-0.2, -0.15) is 0 Å². The first-order valence-electron chi connectivity index (χ1n) is 6.51. The summed E-state index contributed by atoms with van der Waals surface area (Å²) in [6, 6.07) is 0. The van der Waals surface area contributed by atoms with Crippen molar-refractivity contribution < 1.29 is 29.0 Å². The molecule has 1 heterocycles. The number of ether oxygens (including phenoxy) is 2. The molecule has 0 saturated heterocycles. The molecule has 0 fully saturated rings. The van der Waals surface area contributed by atoms with Crippen molar-refractivity contribution in [2.24, 2.45) is 5.92 Å². The summed E-state index contributed by atoms with van der Waals surface area (Å²) in [5, 5.41) is 12.3. The summed E-state index contributed by atoms with van der Waals surface area (Å²) < 4.78 is 9.61. The van der Waals surface area contributed by atoms with Crippen molar-refractivity contribution in [2.45, 2.75) is 27.2 Å². The maximum atomic E-state index is 12.1. The van der Waals surface area contributed by atoms with Crippen LogP contribution in [0.15, 0.2) is 22.5 Å². The fraction of sp³-hybridized carbons (Fsp3) is 0.500. The monoisotopic (exact) mass is 297 g/mol. The normalized spacial score (nSPS) is 18.2. The first kappa shape index (κ1) is 16.7. The summed E-state index contributed by atoms with van der Waals surface area (Å²) in [5.41, 5.74) is 0.522. The largest absolute Gasteiger partial charge is 0.481 e. The van der Waals surface area contributed by atoms with Crippen LogP contribution in [0.4, 0.5) is 0 Å². The second kappa shape index (κ2) is 6.92. The summed E-state index contributed by atoms with van der Waals surface area (Å²) >= 11 is 0. The number of dihydropyridines is 1. The van der Waals surface area contributed by atoms with Gasteiger partial charge in [-0.05, 0) is 20.3 Å². The number of nitrogens with one attached hydrogen (secondary N) is 1. The van der Waals surface area contributed by atoms with Crippen LogP contribution in [0.2, 0.25) is 0 Å². The van der Waals surface area contributed by atoms with E-state index < -0.39 is 23.8 Å². The van der Waals surface area contributed by atoms with Gasteiger partial charge in [-0.1, -0.05) is 6.92 Å². The fourth-order valence-corrected chi connectivity index (χ4v) is 2.16. The third kappa shape index (κ3) is 3.42. The van der Waals surface area contributed by atoms with Crippen molar-refractivity contribution in [3.63, 3.8) is 0 Å². The number of rotatable bonds is 5. The number of hydrogen-bond acceptors (Lipinski definition) is 6.